The monoisotopic (exact) mass is 192 g/mol. The quantitative estimate of drug-likeness (QED) is 0.650. The molecule has 0 aromatic carbocycles. The number of H-pyrrole nitrogens is 1. The summed E-state index contributed by atoms with van der Waals surface area (Å²) < 4.78 is 0. The Morgan fingerprint density at radius 1 is 1.14 bits per heavy atom. The fraction of sp³-hybridized carbons (Fsp3) is 0.500. The van der Waals surface area contributed by atoms with E-state index in [-0.39, 0.29) is 0 Å². The van der Waals surface area contributed by atoms with Crippen LogP contribution in [0.4, 0.5) is 0 Å². The summed E-state index contributed by atoms with van der Waals surface area (Å²) in [6.45, 7) is 9.61. The Balaban J connectivity index is 0.000000140. The highest BCUT2D eigenvalue weighted by atomic mass is 14.9. The molecule has 1 aliphatic rings. The van der Waals surface area contributed by atoms with Crippen molar-refractivity contribution in [3.05, 3.63) is 34.8 Å². The lowest BCUT2D eigenvalue weighted by molar-refractivity contribution is 0.872. The van der Waals surface area contributed by atoms with Crippen molar-refractivity contribution < 1.29 is 0 Å². The summed E-state index contributed by atoms with van der Waals surface area (Å²) in [6.07, 6.45) is 3.19. The van der Waals surface area contributed by atoms with Gasteiger partial charge >= 0.3 is 0 Å². The van der Waals surface area contributed by atoms with Gasteiger partial charge in [-0.1, -0.05) is 5.57 Å². The minimum absolute atomic E-state index is 1.15. The van der Waals surface area contributed by atoms with Crippen LogP contribution in [-0.2, 0) is 0 Å². The number of rotatable bonds is 0. The normalized spacial score (nSPS) is 14.9. The third-order valence-electron chi connectivity index (χ3n) is 2.76. The Morgan fingerprint density at radius 3 is 2.00 bits per heavy atom. The Kier molecular flexibility index (Phi) is 3.81. The fourth-order valence-corrected chi connectivity index (χ4v) is 1.31. The van der Waals surface area contributed by atoms with Gasteiger partial charge in [0.05, 0.1) is 0 Å². The van der Waals surface area contributed by atoms with Gasteiger partial charge in [-0.05, 0) is 45.7 Å². The Labute approximate surface area is 86.4 Å². The smallest absolute Gasteiger partial charge is 0.0181 e. The van der Waals surface area contributed by atoms with Gasteiger partial charge in [-0.15, -0.1) is 0 Å². The molecule has 0 aliphatic carbocycles. The molecule has 14 heavy (non-hydrogen) atoms. The lowest BCUT2D eigenvalue weighted by atomic mass is 10.2. The van der Waals surface area contributed by atoms with E-state index in [0.29, 0.717) is 0 Å². The molecule has 0 unspecified atom stereocenters. The van der Waals surface area contributed by atoms with Crippen molar-refractivity contribution in [1.82, 2.24) is 10.3 Å². The van der Waals surface area contributed by atoms with E-state index in [1.54, 1.807) is 0 Å². The van der Waals surface area contributed by atoms with Gasteiger partial charge in [0.2, 0.25) is 0 Å². The molecule has 2 N–H and O–H groups in total. The Hall–Kier alpha value is -1.18. The van der Waals surface area contributed by atoms with Crippen molar-refractivity contribution >= 4 is 0 Å². The topological polar surface area (TPSA) is 27.8 Å². The van der Waals surface area contributed by atoms with Crippen LogP contribution in [0, 0.1) is 13.8 Å². The summed E-state index contributed by atoms with van der Waals surface area (Å²) in [4.78, 5) is 3.07. The molecule has 1 aromatic heterocycles. The van der Waals surface area contributed by atoms with Gasteiger partial charge in [-0.3, -0.25) is 0 Å². The highest BCUT2D eigenvalue weighted by molar-refractivity contribution is 5.15. The van der Waals surface area contributed by atoms with E-state index in [1.165, 1.54) is 28.9 Å². The second-order valence-electron chi connectivity index (χ2n) is 3.87. The second-order valence-corrected chi connectivity index (χ2v) is 3.87. The molecule has 0 radical (unpaired) electrons. The first-order chi connectivity index (χ1) is 6.61. The summed E-state index contributed by atoms with van der Waals surface area (Å²) in [5.41, 5.74) is 5.49. The molecule has 0 amide bonds. The first kappa shape index (κ1) is 10.9. The van der Waals surface area contributed by atoms with Crippen LogP contribution in [-0.4, -0.2) is 11.5 Å². The number of aryl methyl sites for hydroxylation is 2. The van der Waals surface area contributed by atoms with Crippen molar-refractivity contribution in [2.24, 2.45) is 0 Å². The van der Waals surface area contributed by atoms with E-state index in [2.05, 4.69) is 44.1 Å². The number of hydrogen-bond acceptors (Lipinski definition) is 1. The molecule has 0 fully saturated rings. The maximum atomic E-state index is 3.25. The minimum Gasteiger partial charge on any atom is -0.388 e. The van der Waals surface area contributed by atoms with E-state index in [0.717, 1.165) is 6.54 Å². The van der Waals surface area contributed by atoms with Crippen LogP contribution >= 0.6 is 0 Å². The highest BCUT2D eigenvalue weighted by Crippen LogP contribution is 2.09. The average molecular weight is 192 g/mol. The molecule has 1 aromatic rings. The molecule has 1 aliphatic heterocycles. The lowest BCUT2D eigenvalue weighted by Gasteiger charge is -1.91. The van der Waals surface area contributed by atoms with Crippen molar-refractivity contribution in [2.45, 2.75) is 34.1 Å². The molecule has 2 heterocycles. The third-order valence-corrected chi connectivity index (χ3v) is 2.76. The van der Waals surface area contributed by atoms with E-state index in [1.807, 2.05) is 6.20 Å². The predicted octanol–water partition coefficient (Wildman–Crippen LogP) is 2.91. The molecule has 0 saturated carbocycles. The lowest BCUT2D eigenvalue weighted by Crippen LogP contribution is -2.03. The zero-order chi connectivity index (χ0) is 10.6. The van der Waals surface area contributed by atoms with Crippen molar-refractivity contribution in [2.75, 3.05) is 6.54 Å². The van der Waals surface area contributed by atoms with E-state index in [4.69, 9.17) is 0 Å². The molecule has 0 bridgehead atoms. The largest absolute Gasteiger partial charge is 0.388 e. The van der Waals surface area contributed by atoms with Crippen LogP contribution in [0.15, 0.2) is 23.5 Å². The molecule has 0 saturated heterocycles. The first-order valence-corrected chi connectivity index (χ1v) is 5.12. The number of allylic oxidation sites excluding steroid dienone is 1. The van der Waals surface area contributed by atoms with Crippen molar-refractivity contribution in [1.29, 1.82) is 0 Å². The third kappa shape index (κ3) is 2.95. The standard InChI is InChI=1S/C6H11N.C6H9N/c2*1-5-3-4-7-6(5)2/h7H,3-4H2,1-2H3;3-4,7H,1-2H3. The molecular weight excluding hydrogens is 172 g/mol. The van der Waals surface area contributed by atoms with Crippen molar-refractivity contribution in [3.8, 4) is 0 Å². The van der Waals surface area contributed by atoms with Gasteiger partial charge in [-0.2, -0.15) is 0 Å². The number of hydrogen-bond donors (Lipinski definition) is 2. The first-order valence-electron chi connectivity index (χ1n) is 5.12. The minimum atomic E-state index is 1.15. The average Bonchev–Trinajstić information content (AvgIpc) is 2.67. The predicted molar refractivity (Wildman–Crippen MR) is 61.3 cm³/mol. The summed E-state index contributed by atoms with van der Waals surface area (Å²) in [5, 5.41) is 3.25. The van der Waals surface area contributed by atoms with E-state index < -0.39 is 0 Å². The van der Waals surface area contributed by atoms with Gasteiger partial charge in [0, 0.05) is 24.1 Å². The van der Waals surface area contributed by atoms with E-state index >= 15 is 0 Å². The van der Waals surface area contributed by atoms with Gasteiger partial charge in [0.25, 0.3) is 0 Å². The number of aromatic nitrogens is 1. The van der Waals surface area contributed by atoms with Crippen LogP contribution in [0.2, 0.25) is 0 Å². The van der Waals surface area contributed by atoms with Crippen LogP contribution in [0.5, 0.6) is 0 Å². The molecule has 2 heteroatoms. The van der Waals surface area contributed by atoms with Crippen LogP contribution < -0.4 is 5.32 Å². The number of nitrogens with one attached hydrogen (secondary N) is 2. The van der Waals surface area contributed by atoms with Gasteiger partial charge < -0.3 is 10.3 Å². The van der Waals surface area contributed by atoms with Crippen LogP contribution in [0.1, 0.15) is 31.5 Å². The summed E-state index contributed by atoms with van der Waals surface area (Å²) in [6, 6.07) is 2.06. The fourth-order valence-electron chi connectivity index (χ4n) is 1.31. The maximum absolute atomic E-state index is 3.25. The van der Waals surface area contributed by atoms with Gasteiger partial charge in [-0.25, -0.2) is 0 Å². The summed E-state index contributed by atoms with van der Waals surface area (Å²) >= 11 is 0. The SMILES string of the molecule is CC1=C(C)NCC1.Cc1cc[nH]c1C. The summed E-state index contributed by atoms with van der Waals surface area (Å²) in [5.74, 6) is 0. The van der Waals surface area contributed by atoms with Crippen LogP contribution in [0.3, 0.4) is 0 Å². The highest BCUT2D eigenvalue weighted by Gasteiger charge is 2.02. The van der Waals surface area contributed by atoms with E-state index in [9.17, 15) is 0 Å². The second kappa shape index (κ2) is 4.89. The zero-order valence-electron chi connectivity index (χ0n) is 9.57. The molecule has 0 spiro atoms. The Morgan fingerprint density at radius 2 is 1.86 bits per heavy atom. The maximum Gasteiger partial charge on any atom is 0.0181 e. The zero-order valence-corrected chi connectivity index (χ0v) is 9.57. The van der Waals surface area contributed by atoms with Crippen molar-refractivity contribution in [3.63, 3.8) is 0 Å². The Bertz CT molecular complexity index is 292. The molecule has 0 atom stereocenters. The van der Waals surface area contributed by atoms with Gasteiger partial charge in [0.1, 0.15) is 0 Å². The molecular formula is C12H20N2. The molecule has 2 rings (SSSR count). The van der Waals surface area contributed by atoms with Gasteiger partial charge in [0.15, 0.2) is 0 Å². The number of aromatic amines is 1. The summed E-state index contributed by atoms with van der Waals surface area (Å²) in [7, 11) is 0. The molecule has 78 valence electrons. The molecule has 2 nitrogen and oxygen atoms in total. The van der Waals surface area contributed by atoms with Crippen LogP contribution in [0.25, 0.3) is 0 Å².